The number of amides is 1. The summed E-state index contributed by atoms with van der Waals surface area (Å²) < 4.78 is 13.1. The van der Waals surface area contributed by atoms with Gasteiger partial charge in [-0.3, -0.25) is 9.48 Å². The van der Waals surface area contributed by atoms with E-state index < -0.39 is 0 Å². The van der Waals surface area contributed by atoms with Crippen molar-refractivity contribution in [3.05, 3.63) is 65.6 Å². The lowest BCUT2D eigenvalue weighted by Gasteiger charge is -2.31. The highest BCUT2D eigenvalue weighted by molar-refractivity contribution is 5.92. The molecule has 4 rings (SSSR count). The van der Waals surface area contributed by atoms with Crippen molar-refractivity contribution in [2.45, 2.75) is 45.1 Å². The van der Waals surface area contributed by atoms with Crippen LogP contribution in [0.25, 0.3) is 0 Å². The van der Waals surface area contributed by atoms with E-state index >= 15 is 0 Å². The van der Waals surface area contributed by atoms with Crippen molar-refractivity contribution in [3.63, 3.8) is 0 Å². The monoisotopic (exact) mass is 408 g/mol. The molecule has 1 aliphatic heterocycles. The van der Waals surface area contributed by atoms with Crippen molar-refractivity contribution < 1.29 is 13.9 Å². The van der Waals surface area contributed by atoms with E-state index in [1.54, 1.807) is 30.3 Å². The molecule has 1 fully saturated rings. The van der Waals surface area contributed by atoms with Crippen LogP contribution in [0, 0.1) is 0 Å². The number of benzene rings is 1. The van der Waals surface area contributed by atoms with Crippen LogP contribution >= 0.6 is 0 Å². The van der Waals surface area contributed by atoms with E-state index in [4.69, 9.17) is 9.15 Å². The van der Waals surface area contributed by atoms with Gasteiger partial charge in [-0.15, -0.1) is 0 Å². The SMILES string of the molecule is COc1ccc(Cc2cnc(C3CCCN(C(=O)c4ccnn4C(C)C)C3)o2)cc1. The van der Waals surface area contributed by atoms with Gasteiger partial charge in [-0.25, -0.2) is 4.98 Å². The van der Waals surface area contributed by atoms with E-state index in [-0.39, 0.29) is 17.9 Å². The Morgan fingerprint density at radius 1 is 1.27 bits per heavy atom. The van der Waals surface area contributed by atoms with E-state index in [1.165, 1.54) is 0 Å². The highest BCUT2D eigenvalue weighted by atomic mass is 16.5. The summed E-state index contributed by atoms with van der Waals surface area (Å²) in [5, 5.41) is 4.29. The number of likely N-dealkylation sites (tertiary alicyclic amines) is 1. The van der Waals surface area contributed by atoms with E-state index in [1.807, 2.05) is 43.0 Å². The van der Waals surface area contributed by atoms with Crippen molar-refractivity contribution in [2.24, 2.45) is 0 Å². The lowest BCUT2D eigenvalue weighted by molar-refractivity contribution is 0.0683. The number of carbonyl (C=O) groups is 1. The number of hydrogen-bond acceptors (Lipinski definition) is 5. The molecule has 1 aliphatic rings. The first-order valence-electron chi connectivity index (χ1n) is 10.5. The molecule has 1 atom stereocenters. The van der Waals surface area contributed by atoms with Gasteiger partial charge in [-0.1, -0.05) is 12.1 Å². The molecule has 1 unspecified atom stereocenters. The molecular formula is C23H28N4O3. The van der Waals surface area contributed by atoms with Gasteiger partial charge in [0, 0.05) is 31.7 Å². The molecule has 1 amide bonds. The number of carbonyl (C=O) groups excluding carboxylic acids is 1. The van der Waals surface area contributed by atoms with Crippen LogP contribution in [0.5, 0.6) is 5.75 Å². The minimum atomic E-state index is 0.0240. The van der Waals surface area contributed by atoms with Crippen LogP contribution < -0.4 is 4.74 Å². The lowest BCUT2D eigenvalue weighted by Crippen LogP contribution is -2.40. The highest BCUT2D eigenvalue weighted by Gasteiger charge is 2.30. The van der Waals surface area contributed by atoms with Gasteiger partial charge in [0.25, 0.3) is 5.91 Å². The molecule has 0 spiro atoms. The second kappa shape index (κ2) is 8.73. The number of hydrogen-bond donors (Lipinski definition) is 0. The minimum Gasteiger partial charge on any atom is -0.497 e. The fourth-order valence-electron chi connectivity index (χ4n) is 3.96. The van der Waals surface area contributed by atoms with Crippen molar-refractivity contribution in [3.8, 4) is 5.75 Å². The maximum Gasteiger partial charge on any atom is 0.272 e. The molecule has 30 heavy (non-hydrogen) atoms. The Morgan fingerprint density at radius 3 is 2.80 bits per heavy atom. The number of oxazole rings is 1. The topological polar surface area (TPSA) is 73.4 Å². The maximum atomic E-state index is 13.1. The molecule has 2 aromatic heterocycles. The smallest absolute Gasteiger partial charge is 0.272 e. The Morgan fingerprint density at radius 2 is 2.07 bits per heavy atom. The zero-order valence-electron chi connectivity index (χ0n) is 17.7. The number of rotatable bonds is 6. The average Bonchev–Trinajstić information content (AvgIpc) is 3.44. The average molecular weight is 409 g/mol. The summed E-state index contributed by atoms with van der Waals surface area (Å²) in [4.78, 5) is 19.5. The van der Waals surface area contributed by atoms with Gasteiger partial charge in [0.05, 0.1) is 19.2 Å². The Hall–Kier alpha value is -3.09. The van der Waals surface area contributed by atoms with Gasteiger partial charge in [0.1, 0.15) is 17.2 Å². The summed E-state index contributed by atoms with van der Waals surface area (Å²) in [5.74, 6) is 2.52. The molecule has 7 heteroatoms. The zero-order chi connectivity index (χ0) is 21.1. The summed E-state index contributed by atoms with van der Waals surface area (Å²) in [5.41, 5.74) is 1.78. The van der Waals surface area contributed by atoms with Crippen molar-refractivity contribution in [1.82, 2.24) is 19.7 Å². The predicted octanol–water partition coefficient (Wildman–Crippen LogP) is 4.07. The summed E-state index contributed by atoms with van der Waals surface area (Å²) in [6.45, 7) is 5.42. The first kappa shape index (κ1) is 20.2. The molecule has 0 saturated carbocycles. The second-order valence-corrected chi connectivity index (χ2v) is 8.03. The van der Waals surface area contributed by atoms with Crippen LogP contribution in [-0.2, 0) is 6.42 Å². The zero-order valence-corrected chi connectivity index (χ0v) is 17.7. The van der Waals surface area contributed by atoms with Crippen LogP contribution in [-0.4, -0.2) is 45.8 Å². The lowest BCUT2D eigenvalue weighted by atomic mass is 9.97. The molecule has 0 N–H and O–H groups in total. The van der Waals surface area contributed by atoms with Gasteiger partial charge < -0.3 is 14.1 Å². The predicted molar refractivity (Wildman–Crippen MR) is 113 cm³/mol. The number of ether oxygens (including phenoxy) is 1. The molecule has 3 heterocycles. The fourth-order valence-corrected chi connectivity index (χ4v) is 3.96. The fraction of sp³-hybridized carbons (Fsp3) is 0.435. The molecule has 0 aliphatic carbocycles. The first-order chi connectivity index (χ1) is 14.5. The highest BCUT2D eigenvalue weighted by Crippen LogP contribution is 2.28. The van der Waals surface area contributed by atoms with E-state index in [2.05, 4.69) is 10.1 Å². The Balaban J connectivity index is 1.43. The molecular weight excluding hydrogens is 380 g/mol. The van der Waals surface area contributed by atoms with Crippen LogP contribution in [0.3, 0.4) is 0 Å². The maximum absolute atomic E-state index is 13.1. The molecule has 1 aromatic carbocycles. The Labute approximate surface area is 176 Å². The molecule has 3 aromatic rings. The van der Waals surface area contributed by atoms with Gasteiger partial charge >= 0.3 is 0 Å². The summed E-state index contributed by atoms with van der Waals surface area (Å²) in [7, 11) is 1.66. The van der Waals surface area contributed by atoms with E-state index in [0.717, 1.165) is 36.5 Å². The quantitative estimate of drug-likeness (QED) is 0.615. The van der Waals surface area contributed by atoms with Crippen molar-refractivity contribution in [1.29, 1.82) is 0 Å². The third-order valence-corrected chi connectivity index (χ3v) is 5.55. The van der Waals surface area contributed by atoms with Crippen LogP contribution in [0.4, 0.5) is 0 Å². The van der Waals surface area contributed by atoms with Gasteiger partial charge in [-0.2, -0.15) is 5.10 Å². The number of methoxy groups -OCH3 is 1. The molecule has 0 bridgehead atoms. The third kappa shape index (κ3) is 4.25. The van der Waals surface area contributed by atoms with Crippen molar-refractivity contribution >= 4 is 5.91 Å². The number of piperidine rings is 1. The Bertz CT molecular complexity index is 990. The van der Waals surface area contributed by atoms with Crippen LogP contribution in [0.15, 0.2) is 47.1 Å². The molecule has 158 valence electrons. The Kier molecular flexibility index (Phi) is 5.88. The first-order valence-corrected chi connectivity index (χ1v) is 10.5. The molecule has 0 radical (unpaired) electrons. The second-order valence-electron chi connectivity index (χ2n) is 8.03. The molecule has 7 nitrogen and oxygen atoms in total. The number of aromatic nitrogens is 3. The minimum absolute atomic E-state index is 0.0240. The van der Waals surface area contributed by atoms with Crippen LogP contribution in [0.1, 0.15) is 66.4 Å². The summed E-state index contributed by atoms with van der Waals surface area (Å²) >= 11 is 0. The van der Waals surface area contributed by atoms with Gasteiger partial charge in [-0.05, 0) is 50.5 Å². The van der Waals surface area contributed by atoms with Crippen LogP contribution in [0.2, 0.25) is 0 Å². The standard InChI is InChI=1S/C23H28N4O3/c1-16(2)27-21(10-11-25-27)23(28)26-12-4-5-18(15-26)22-24-14-20(30-22)13-17-6-8-19(29-3)9-7-17/h6-11,14,16,18H,4-5,12-13,15H2,1-3H3. The van der Waals surface area contributed by atoms with Gasteiger partial charge in [0.2, 0.25) is 0 Å². The largest absolute Gasteiger partial charge is 0.497 e. The number of nitrogens with zero attached hydrogens (tertiary/aromatic N) is 4. The molecule has 1 saturated heterocycles. The summed E-state index contributed by atoms with van der Waals surface area (Å²) in [6, 6.07) is 9.88. The summed E-state index contributed by atoms with van der Waals surface area (Å²) in [6.07, 6.45) is 6.07. The third-order valence-electron chi connectivity index (χ3n) is 5.55. The van der Waals surface area contributed by atoms with Gasteiger partial charge in [0.15, 0.2) is 5.89 Å². The van der Waals surface area contributed by atoms with Crippen molar-refractivity contribution in [2.75, 3.05) is 20.2 Å². The normalized spacial score (nSPS) is 16.8. The van der Waals surface area contributed by atoms with E-state index in [0.29, 0.717) is 24.6 Å². The van der Waals surface area contributed by atoms with E-state index in [9.17, 15) is 4.79 Å².